The maximum atomic E-state index is 14.4. The summed E-state index contributed by atoms with van der Waals surface area (Å²) >= 11 is 1.21. The number of aryl methyl sites for hydroxylation is 1. The molecule has 0 aliphatic carbocycles. The number of anilines is 1. The van der Waals surface area contributed by atoms with E-state index >= 15 is 0 Å². The van der Waals surface area contributed by atoms with E-state index in [9.17, 15) is 9.18 Å². The molecule has 0 N–H and O–H groups in total. The standard InChI is InChI=1S/C19H19FN4O2S/c1-12-18(27-17-9-13(23(2)3)7-8-21-17)19(25)24(11-22-12)16-6-5-14(26-4)10-15(16)20/h5-11H,1-4H3. The highest BCUT2D eigenvalue weighted by molar-refractivity contribution is 7.99. The molecule has 1 aromatic carbocycles. The molecular formula is C19H19FN4O2S. The van der Waals surface area contributed by atoms with Crippen LogP contribution in [0.25, 0.3) is 5.69 Å². The number of halogens is 1. The van der Waals surface area contributed by atoms with Gasteiger partial charge in [0.15, 0.2) is 5.82 Å². The second-order valence-corrected chi connectivity index (χ2v) is 7.03. The van der Waals surface area contributed by atoms with E-state index in [1.165, 1.54) is 41.9 Å². The van der Waals surface area contributed by atoms with Crippen LogP contribution in [0.5, 0.6) is 5.75 Å². The first-order chi connectivity index (χ1) is 12.9. The maximum Gasteiger partial charge on any atom is 0.272 e. The van der Waals surface area contributed by atoms with Crippen LogP contribution >= 0.6 is 11.8 Å². The van der Waals surface area contributed by atoms with Gasteiger partial charge in [-0.3, -0.25) is 9.36 Å². The molecule has 0 unspecified atom stereocenters. The molecule has 2 heterocycles. The van der Waals surface area contributed by atoms with Gasteiger partial charge in [-0.15, -0.1) is 0 Å². The Morgan fingerprint density at radius 1 is 1.19 bits per heavy atom. The van der Waals surface area contributed by atoms with E-state index < -0.39 is 5.82 Å². The van der Waals surface area contributed by atoms with E-state index in [4.69, 9.17) is 4.74 Å². The van der Waals surface area contributed by atoms with Gasteiger partial charge < -0.3 is 9.64 Å². The number of nitrogens with zero attached hydrogens (tertiary/aromatic N) is 4. The fourth-order valence-corrected chi connectivity index (χ4v) is 3.34. The Bertz CT molecular complexity index is 1040. The second-order valence-electron chi connectivity index (χ2n) is 6.00. The fourth-order valence-electron chi connectivity index (χ4n) is 2.46. The van der Waals surface area contributed by atoms with Crippen molar-refractivity contribution in [1.82, 2.24) is 14.5 Å². The molecule has 0 radical (unpaired) electrons. The van der Waals surface area contributed by atoms with Crippen LogP contribution in [0.15, 0.2) is 57.6 Å². The number of hydrogen-bond acceptors (Lipinski definition) is 6. The minimum atomic E-state index is -0.564. The third-order valence-corrected chi connectivity index (χ3v) is 5.07. The topological polar surface area (TPSA) is 60.2 Å². The Morgan fingerprint density at radius 3 is 2.63 bits per heavy atom. The number of hydrogen-bond donors (Lipinski definition) is 0. The van der Waals surface area contributed by atoms with Crippen molar-refractivity contribution in [2.24, 2.45) is 0 Å². The fraction of sp³-hybridized carbons (Fsp3) is 0.211. The Labute approximate surface area is 160 Å². The van der Waals surface area contributed by atoms with Crippen LogP contribution in [0.3, 0.4) is 0 Å². The molecule has 0 atom stereocenters. The molecule has 6 nitrogen and oxygen atoms in total. The van der Waals surface area contributed by atoms with E-state index in [2.05, 4.69) is 9.97 Å². The summed E-state index contributed by atoms with van der Waals surface area (Å²) in [6, 6.07) is 8.09. The molecule has 0 aliphatic rings. The van der Waals surface area contributed by atoms with Crippen molar-refractivity contribution < 1.29 is 9.13 Å². The molecule has 0 aliphatic heterocycles. The molecule has 0 saturated heterocycles. The summed E-state index contributed by atoms with van der Waals surface area (Å²) in [6.45, 7) is 1.74. The Morgan fingerprint density at radius 2 is 1.96 bits per heavy atom. The zero-order valence-corrected chi connectivity index (χ0v) is 16.2. The first-order valence-corrected chi connectivity index (χ1v) is 8.95. The van der Waals surface area contributed by atoms with E-state index in [0.717, 1.165) is 5.69 Å². The van der Waals surface area contributed by atoms with Gasteiger partial charge in [-0.25, -0.2) is 14.4 Å². The van der Waals surface area contributed by atoms with Gasteiger partial charge in [0.25, 0.3) is 5.56 Å². The van der Waals surface area contributed by atoms with Crippen LogP contribution in [0.2, 0.25) is 0 Å². The Hall–Kier alpha value is -2.87. The highest BCUT2D eigenvalue weighted by Gasteiger charge is 2.15. The van der Waals surface area contributed by atoms with Gasteiger partial charge >= 0.3 is 0 Å². The smallest absolute Gasteiger partial charge is 0.272 e. The normalized spacial score (nSPS) is 10.7. The first-order valence-electron chi connectivity index (χ1n) is 8.14. The van der Waals surface area contributed by atoms with Crippen molar-refractivity contribution in [3.63, 3.8) is 0 Å². The molecule has 27 heavy (non-hydrogen) atoms. The van der Waals surface area contributed by atoms with Gasteiger partial charge in [-0.2, -0.15) is 0 Å². The lowest BCUT2D eigenvalue weighted by Crippen LogP contribution is -2.22. The number of ether oxygens (including phenoxy) is 1. The predicted octanol–water partition coefficient (Wildman–Crippen LogP) is 3.30. The number of benzene rings is 1. The molecule has 140 valence electrons. The number of methoxy groups -OCH3 is 1. The third-order valence-electron chi connectivity index (χ3n) is 3.96. The lowest BCUT2D eigenvalue weighted by molar-refractivity contribution is 0.411. The van der Waals surface area contributed by atoms with Crippen molar-refractivity contribution in [3.8, 4) is 11.4 Å². The second kappa shape index (κ2) is 7.79. The summed E-state index contributed by atoms with van der Waals surface area (Å²) in [7, 11) is 5.31. The van der Waals surface area contributed by atoms with Gasteiger partial charge in [0, 0.05) is 32.0 Å². The molecule has 0 amide bonds. The highest BCUT2D eigenvalue weighted by Crippen LogP contribution is 2.28. The van der Waals surface area contributed by atoms with Crippen LogP contribution in [0.1, 0.15) is 5.69 Å². The summed E-state index contributed by atoms with van der Waals surface area (Å²) in [5.41, 5.74) is 1.29. The van der Waals surface area contributed by atoms with E-state index in [0.29, 0.717) is 21.4 Å². The van der Waals surface area contributed by atoms with Crippen molar-refractivity contribution in [2.45, 2.75) is 16.8 Å². The maximum absolute atomic E-state index is 14.4. The largest absolute Gasteiger partial charge is 0.497 e. The van der Waals surface area contributed by atoms with Gasteiger partial charge in [0.1, 0.15) is 22.0 Å². The molecule has 3 rings (SSSR count). The van der Waals surface area contributed by atoms with Crippen LogP contribution in [-0.4, -0.2) is 35.7 Å². The zero-order valence-electron chi connectivity index (χ0n) is 15.4. The summed E-state index contributed by atoms with van der Waals surface area (Å²) in [6.07, 6.45) is 3.02. The molecule has 8 heteroatoms. The predicted molar refractivity (Wildman–Crippen MR) is 104 cm³/mol. The molecule has 0 spiro atoms. The minimum absolute atomic E-state index is 0.116. The van der Waals surface area contributed by atoms with E-state index in [1.54, 1.807) is 19.2 Å². The SMILES string of the molecule is COc1ccc(-n2cnc(C)c(Sc3cc(N(C)C)ccn3)c2=O)c(F)c1. The van der Waals surface area contributed by atoms with Crippen molar-refractivity contribution in [3.05, 3.63) is 64.7 Å². The molecule has 0 bridgehead atoms. The average Bonchev–Trinajstić information content (AvgIpc) is 2.66. The van der Waals surface area contributed by atoms with Crippen molar-refractivity contribution in [1.29, 1.82) is 0 Å². The van der Waals surface area contributed by atoms with Gasteiger partial charge in [0.05, 0.1) is 18.5 Å². The lowest BCUT2D eigenvalue weighted by atomic mass is 10.3. The Balaban J connectivity index is 2.04. The van der Waals surface area contributed by atoms with Crippen LogP contribution < -0.4 is 15.2 Å². The molecule has 2 aromatic heterocycles. The highest BCUT2D eigenvalue weighted by atomic mass is 32.2. The van der Waals surface area contributed by atoms with Gasteiger partial charge in [-0.1, -0.05) is 11.8 Å². The monoisotopic (exact) mass is 386 g/mol. The summed E-state index contributed by atoms with van der Waals surface area (Å²) in [4.78, 5) is 23.9. The first kappa shape index (κ1) is 18.9. The molecule has 0 fully saturated rings. The summed E-state index contributed by atoms with van der Waals surface area (Å²) in [5, 5.41) is 0.663. The third kappa shape index (κ3) is 3.95. The summed E-state index contributed by atoms with van der Waals surface area (Å²) in [5.74, 6) is -0.186. The molecule has 3 aromatic rings. The van der Waals surface area contributed by atoms with Crippen LogP contribution in [-0.2, 0) is 0 Å². The zero-order chi connectivity index (χ0) is 19.6. The quantitative estimate of drug-likeness (QED) is 0.671. The molecule has 0 saturated carbocycles. The average molecular weight is 386 g/mol. The Kier molecular flexibility index (Phi) is 5.46. The van der Waals surface area contributed by atoms with E-state index in [1.807, 2.05) is 31.1 Å². The minimum Gasteiger partial charge on any atom is -0.497 e. The van der Waals surface area contributed by atoms with Crippen LogP contribution in [0.4, 0.5) is 10.1 Å². The van der Waals surface area contributed by atoms with Crippen molar-refractivity contribution in [2.75, 3.05) is 26.1 Å². The van der Waals surface area contributed by atoms with E-state index in [-0.39, 0.29) is 11.2 Å². The number of rotatable bonds is 5. The van der Waals surface area contributed by atoms with Crippen molar-refractivity contribution >= 4 is 17.4 Å². The molecular weight excluding hydrogens is 367 g/mol. The number of aromatic nitrogens is 3. The summed E-state index contributed by atoms with van der Waals surface area (Å²) < 4.78 is 20.6. The van der Waals surface area contributed by atoms with Gasteiger partial charge in [0.2, 0.25) is 0 Å². The van der Waals surface area contributed by atoms with Crippen LogP contribution in [0, 0.1) is 12.7 Å². The number of pyridine rings is 1. The van der Waals surface area contributed by atoms with Gasteiger partial charge in [-0.05, 0) is 31.2 Å². The lowest BCUT2D eigenvalue weighted by Gasteiger charge is -2.14.